The van der Waals surface area contributed by atoms with E-state index < -0.39 is 0 Å². The number of carbonyl (C=O) groups excluding carboxylic acids is 3. The van der Waals surface area contributed by atoms with E-state index >= 15 is 0 Å². The largest absolute Gasteiger partial charge is 0.486 e. The molecule has 0 bridgehead atoms. The van der Waals surface area contributed by atoms with Crippen LogP contribution >= 0.6 is 0 Å². The third-order valence-corrected chi connectivity index (χ3v) is 6.06. The summed E-state index contributed by atoms with van der Waals surface area (Å²) in [5.41, 5.74) is 2.93. The van der Waals surface area contributed by atoms with Gasteiger partial charge in [0.25, 0.3) is 17.7 Å². The van der Waals surface area contributed by atoms with Gasteiger partial charge in [-0.1, -0.05) is 36.4 Å². The van der Waals surface area contributed by atoms with Crippen molar-refractivity contribution in [2.75, 3.05) is 26.8 Å². The molecule has 0 N–H and O–H groups in total. The lowest BCUT2D eigenvalue weighted by Gasteiger charge is -2.21. The molecule has 0 atom stereocenters. The molecule has 0 spiro atoms. The van der Waals surface area contributed by atoms with Gasteiger partial charge in [0.05, 0.1) is 11.1 Å². The van der Waals surface area contributed by atoms with Crippen LogP contribution in [0.2, 0.25) is 0 Å². The van der Waals surface area contributed by atoms with Crippen LogP contribution in [0.25, 0.3) is 0 Å². The fourth-order valence-electron chi connectivity index (χ4n) is 4.26. The van der Waals surface area contributed by atoms with Gasteiger partial charge in [0.15, 0.2) is 11.5 Å². The van der Waals surface area contributed by atoms with Crippen molar-refractivity contribution in [2.24, 2.45) is 0 Å². The first-order valence-electron chi connectivity index (χ1n) is 11.2. The molecule has 0 unspecified atom stereocenters. The fourth-order valence-corrected chi connectivity index (χ4v) is 4.26. The first-order chi connectivity index (χ1) is 16.5. The summed E-state index contributed by atoms with van der Waals surface area (Å²) in [6.45, 7) is 1.68. The van der Waals surface area contributed by atoms with Crippen molar-refractivity contribution in [2.45, 2.75) is 13.0 Å². The molecule has 3 aromatic rings. The number of fused-ring (bicyclic) bond motifs is 2. The Kier molecular flexibility index (Phi) is 5.76. The molecule has 0 fully saturated rings. The highest BCUT2D eigenvalue weighted by atomic mass is 16.6. The third-order valence-electron chi connectivity index (χ3n) is 6.06. The molecular formula is C27H24N2O5. The summed E-state index contributed by atoms with van der Waals surface area (Å²) in [5.74, 6) is 0.449. The molecule has 7 heteroatoms. The summed E-state index contributed by atoms with van der Waals surface area (Å²) >= 11 is 0. The average Bonchev–Trinajstić information content (AvgIpc) is 3.11. The van der Waals surface area contributed by atoms with Gasteiger partial charge in [-0.15, -0.1) is 0 Å². The van der Waals surface area contributed by atoms with Crippen molar-refractivity contribution in [1.29, 1.82) is 0 Å². The second-order valence-electron chi connectivity index (χ2n) is 8.40. The van der Waals surface area contributed by atoms with Crippen molar-refractivity contribution >= 4 is 17.7 Å². The lowest BCUT2D eigenvalue weighted by molar-refractivity contribution is 0.0655. The van der Waals surface area contributed by atoms with E-state index in [1.54, 1.807) is 24.1 Å². The standard InChI is InChI=1S/C27H24N2O5/c1-28(17-19-7-10-23-24(15-19)34-14-13-33-23)25(30)20-8-9-21-22(16-20)27(32)29(26(21)31)12-11-18-5-3-2-4-6-18/h2-10,15-16H,11-14,17H2,1H3. The first kappa shape index (κ1) is 21.7. The van der Waals surface area contributed by atoms with Crippen LogP contribution in [0, 0.1) is 0 Å². The van der Waals surface area contributed by atoms with Crippen molar-refractivity contribution in [3.63, 3.8) is 0 Å². The summed E-state index contributed by atoms with van der Waals surface area (Å²) < 4.78 is 11.2. The number of amides is 3. The highest BCUT2D eigenvalue weighted by Crippen LogP contribution is 2.31. The van der Waals surface area contributed by atoms with Gasteiger partial charge in [-0.25, -0.2) is 0 Å². The van der Waals surface area contributed by atoms with E-state index in [4.69, 9.17) is 9.47 Å². The lowest BCUT2D eigenvalue weighted by atomic mass is 10.0. The average molecular weight is 456 g/mol. The van der Waals surface area contributed by atoms with E-state index in [9.17, 15) is 14.4 Å². The maximum absolute atomic E-state index is 13.1. The summed E-state index contributed by atoms with van der Waals surface area (Å²) in [6.07, 6.45) is 0.580. The zero-order valence-corrected chi connectivity index (χ0v) is 18.8. The summed E-state index contributed by atoms with van der Waals surface area (Å²) in [5, 5.41) is 0. The van der Waals surface area contributed by atoms with Gasteiger partial charge < -0.3 is 14.4 Å². The van der Waals surface area contributed by atoms with Crippen LogP contribution in [0.4, 0.5) is 0 Å². The number of ether oxygens (including phenoxy) is 2. The summed E-state index contributed by atoms with van der Waals surface area (Å²) in [7, 11) is 1.70. The van der Waals surface area contributed by atoms with Crippen LogP contribution in [-0.4, -0.2) is 54.3 Å². The molecule has 0 radical (unpaired) electrons. The summed E-state index contributed by atoms with van der Waals surface area (Å²) in [6, 6.07) is 20.0. The number of carbonyl (C=O) groups is 3. The van der Waals surface area contributed by atoms with Crippen LogP contribution in [0.5, 0.6) is 11.5 Å². The molecule has 5 rings (SSSR count). The number of hydrogen-bond donors (Lipinski definition) is 0. The molecule has 0 aliphatic carbocycles. The van der Waals surface area contributed by atoms with E-state index in [1.165, 1.54) is 11.0 Å². The van der Waals surface area contributed by atoms with Crippen molar-refractivity contribution in [3.8, 4) is 11.5 Å². The number of imide groups is 1. The molecule has 2 heterocycles. The van der Waals surface area contributed by atoms with Gasteiger partial charge in [-0.2, -0.15) is 0 Å². The molecule has 2 aliphatic rings. The van der Waals surface area contributed by atoms with Crippen molar-refractivity contribution in [1.82, 2.24) is 9.80 Å². The fraction of sp³-hybridized carbons (Fsp3) is 0.222. The van der Waals surface area contributed by atoms with Crippen molar-refractivity contribution < 1.29 is 23.9 Å². The van der Waals surface area contributed by atoms with Gasteiger partial charge in [-0.05, 0) is 47.9 Å². The maximum Gasteiger partial charge on any atom is 0.261 e. The number of hydrogen-bond acceptors (Lipinski definition) is 5. The number of nitrogens with zero attached hydrogens (tertiary/aromatic N) is 2. The highest BCUT2D eigenvalue weighted by molar-refractivity contribution is 6.22. The highest BCUT2D eigenvalue weighted by Gasteiger charge is 2.35. The predicted octanol–water partition coefficient (Wildman–Crippen LogP) is 3.57. The van der Waals surface area contributed by atoms with E-state index in [2.05, 4.69) is 0 Å². The molecular weight excluding hydrogens is 432 g/mol. The quantitative estimate of drug-likeness (QED) is 0.530. The molecule has 0 aromatic heterocycles. The minimum Gasteiger partial charge on any atom is -0.486 e. The molecule has 34 heavy (non-hydrogen) atoms. The molecule has 3 amide bonds. The Bertz CT molecular complexity index is 1270. The smallest absolute Gasteiger partial charge is 0.261 e. The van der Waals surface area contributed by atoms with Crippen LogP contribution in [0.3, 0.4) is 0 Å². The Labute approximate surface area is 197 Å². The second-order valence-corrected chi connectivity index (χ2v) is 8.40. The predicted molar refractivity (Wildman–Crippen MR) is 125 cm³/mol. The van der Waals surface area contributed by atoms with Crippen LogP contribution in [0.15, 0.2) is 66.7 Å². The van der Waals surface area contributed by atoms with E-state index in [0.29, 0.717) is 55.4 Å². The summed E-state index contributed by atoms with van der Waals surface area (Å²) in [4.78, 5) is 41.6. The zero-order chi connectivity index (χ0) is 23.7. The van der Waals surface area contributed by atoms with Gasteiger partial charge in [-0.3, -0.25) is 19.3 Å². The minimum atomic E-state index is -0.361. The normalized spacial score (nSPS) is 14.2. The third kappa shape index (κ3) is 4.12. The molecule has 2 aliphatic heterocycles. The Balaban J connectivity index is 1.29. The SMILES string of the molecule is CN(Cc1ccc2c(c1)OCCO2)C(=O)c1ccc2c(c1)C(=O)N(CCc1ccccc1)C2=O. The van der Waals surface area contributed by atoms with Crippen LogP contribution in [0.1, 0.15) is 42.2 Å². The number of benzene rings is 3. The van der Waals surface area contributed by atoms with Crippen molar-refractivity contribution in [3.05, 3.63) is 94.5 Å². The first-order valence-corrected chi connectivity index (χ1v) is 11.2. The molecule has 7 nitrogen and oxygen atoms in total. The molecule has 0 saturated heterocycles. The molecule has 0 saturated carbocycles. The Morgan fingerprint density at radius 3 is 2.38 bits per heavy atom. The van der Waals surface area contributed by atoms with Gasteiger partial charge in [0, 0.05) is 25.7 Å². The monoisotopic (exact) mass is 456 g/mol. The van der Waals surface area contributed by atoms with Crippen LogP contribution < -0.4 is 9.47 Å². The Morgan fingerprint density at radius 2 is 1.59 bits per heavy atom. The Hall–Kier alpha value is -4.13. The van der Waals surface area contributed by atoms with Gasteiger partial charge in [0.2, 0.25) is 0 Å². The lowest BCUT2D eigenvalue weighted by Crippen LogP contribution is -2.31. The molecule has 3 aromatic carbocycles. The zero-order valence-electron chi connectivity index (χ0n) is 18.8. The Morgan fingerprint density at radius 1 is 0.853 bits per heavy atom. The van der Waals surface area contributed by atoms with E-state index in [0.717, 1.165) is 11.1 Å². The van der Waals surface area contributed by atoms with E-state index in [-0.39, 0.29) is 23.3 Å². The van der Waals surface area contributed by atoms with E-state index in [1.807, 2.05) is 48.5 Å². The van der Waals surface area contributed by atoms with Gasteiger partial charge in [0.1, 0.15) is 13.2 Å². The topological polar surface area (TPSA) is 76.2 Å². The maximum atomic E-state index is 13.1. The second kappa shape index (κ2) is 9.02. The number of rotatable bonds is 6. The molecule has 172 valence electrons. The minimum absolute atomic E-state index is 0.235. The van der Waals surface area contributed by atoms with Gasteiger partial charge >= 0.3 is 0 Å². The van der Waals surface area contributed by atoms with Crippen LogP contribution in [-0.2, 0) is 13.0 Å².